The van der Waals surface area contributed by atoms with Crippen molar-refractivity contribution in [2.75, 3.05) is 54.1 Å². The molecule has 0 aliphatic heterocycles. The summed E-state index contributed by atoms with van der Waals surface area (Å²) < 4.78 is 40.3. The lowest BCUT2D eigenvalue weighted by atomic mass is 10.1. The number of halogens is 2. The molecule has 0 aromatic heterocycles. The molecule has 0 atom stereocenters. The lowest BCUT2D eigenvalue weighted by Gasteiger charge is -2.28. The number of ether oxygens (including phenoxy) is 2. The van der Waals surface area contributed by atoms with E-state index in [1.807, 2.05) is 6.92 Å². The van der Waals surface area contributed by atoms with Gasteiger partial charge in [-0.3, -0.25) is 9.69 Å². The fourth-order valence-corrected chi connectivity index (χ4v) is 2.50. The highest BCUT2D eigenvalue weighted by Gasteiger charge is 2.35. The summed E-state index contributed by atoms with van der Waals surface area (Å²) in [5.41, 5.74) is -0.106. The molecule has 0 aliphatic rings. The van der Waals surface area contributed by atoms with Crippen LogP contribution in [0.1, 0.15) is 31.7 Å². The molecule has 27 heavy (non-hydrogen) atoms. The van der Waals surface area contributed by atoms with Crippen LogP contribution in [-0.4, -0.2) is 69.8 Å². The number of carbonyl (C=O) groups is 1. The molecule has 0 heterocycles. The molecule has 0 fully saturated rings. The molecular formula is C20H32F2N2O3. The summed E-state index contributed by atoms with van der Waals surface area (Å²) in [6, 6.07) is 6.04. The van der Waals surface area contributed by atoms with E-state index in [-0.39, 0.29) is 18.0 Å². The third-order valence-electron chi connectivity index (χ3n) is 4.13. The van der Waals surface area contributed by atoms with Crippen molar-refractivity contribution >= 4 is 5.91 Å². The smallest absolute Gasteiger partial charge is 0.285 e. The standard InChI is InChI=1S/C20H32F2N2O3/c1-5-6-13-27-18-10-7-9-17(14-18)20(21,22)16-24(11-8-12-26-4)15-19(25)23(2)3/h7,9-10,14H,5-6,8,11-13,15-16H2,1-4H3. The van der Waals surface area contributed by atoms with Gasteiger partial charge in [-0.2, -0.15) is 8.78 Å². The zero-order chi connectivity index (χ0) is 20.3. The lowest BCUT2D eigenvalue weighted by Crippen LogP contribution is -2.42. The molecule has 1 amide bonds. The van der Waals surface area contributed by atoms with Gasteiger partial charge in [0.15, 0.2) is 0 Å². The van der Waals surface area contributed by atoms with E-state index in [1.165, 1.54) is 21.9 Å². The van der Waals surface area contributed by atoms with E-state index < -0.39 is 12.5 Å². The number of likely N-dealkylation sites (N-methyl/N-ethyl adjacent to an activating group) is 1. The first-order chi connectivity index (χ1) is 12.8. The third kappa shape index (κ3) is 8.67. The molecule has 0 saturated carbocycles. The summed E-state index contributed by atoms with van der Waals surface area (Å²) in [7, 11) is 4.80. The Kier molecular flexibility index (Phi) is 10.3. The minimum Gasteiger partial charge on any atom is -0.494 e. The van der Waals surface area contributed by atoms with Crippen molar-refractivity contribution in [2.24, 2.45) is 0 Å². The van der Waals surface area contributed by atoms with Crippen molar-refractivity contribution in [3.8, 4) is 5.75 Å². The predicted octanol–water partition coefficient (Wildman–Crippen LogP) is 3.38. The summed E-state index contributed by atoms with van der Waals surface area (Å²) in [6.07, 6.45) is 2.43. The van der Waals surface area contributed by atoms with Gasteiger partial charge in [0.2, 0.25) is 5.91 Å². The van der Waals surface area contributed by atoms with Gasteiger partial charge in [0.25, 0.3) is 5.92 Å². The molecule has 0 spiro atoms. The number of amides is 1. The number of rotatable bonds is 13. The largest absolute Gasteiger partial charge is 0.494 e. The van der Waals surface area contributed by atoms with E-state index in [1.54, 1.807) is 33.3 Å². The van der Waals surface area contributed by atoms with Crippen molar-refractivity contribution in [1.82, 2.24) is 9.80 Å². The Morgan fingerprint density at radius 3 is 2.56 bits per heavy atom. The molecule has 1 aromatic carbocycles. The maximum atomic E-state index is 14.9. The fourth-order valence-electron chi connectivity index (χ4n) is 2.50. The summed E-state index contributed by atoms with van der Waals surface area (Å²) in [4.78, 5) is 14.9. The van der Waals surface area contributed by atoms with E-state index in [0.717, 1.165) is 12.8 Å². The Labute approximate surface area is 161 Å². The number of hydrogen-bond acceptors (Lipinski definition) is 4. The Bertz CT molecular complexity index is 568. The first-order valence-corrected chi connectivity index (χ1v) is 9.32. The average Bonchev–Trinajstić information content (AvgIpc) is 2.62. The molecule has 0 N–H and O–H groups in total. The van der Waals surface area contributed by atoms with Crippen LogP contribution in [0.2, 0.25) is 0 Å². The van der Waals surface area contributed by atoms with Crippen LogP contribution in [-0.2, 0) is 15.5 Å². The Balaban J connectivity index is 2.84. The van der Waals surface area contributed by atoms with Crippen LogP contribution in [0.5, 0.6) is 5.75 Å². The van der Waals surface area contributed by atoms with Crippen LogP contribution in [0.25, 0.3) is 0 Å². The van der Waals surface area contributed by atoms with Gasteiger partial charge in [-0.05, 0) is 25.0 Å². The van der Waals surface area contributed by atoms with Crippen LogP contribution in [0, 0.1) is 0 Å². The zero-order valence-corrected chi connectivity index (χ0v) is 16.8. The Morgan fingerprint density at radius 2 is 1.93 bits per heavy atom. The van der Waals surface area contributed by atoms with Gasteiger partial charge in [0, 0.05) is 39.9 Å². The number of hydrogen-bond donors (Lipinski definition) is 0. The van der Waals surface area contributed by atoms with Gasteiger partial charge in [-0.1, -0.05) is 25.5 Å². The number of benzene rings is 1. The topological polar surface area (TPSA) is 42.0 Å². The molecule has 7 heteroatoms. The zero-order valence-electron chi connectivity index (χ0n) is 16.8. The van der Waals surface area contributed by atoms with Crippen molar-refractivity contribution < 1.29 is 23.0 Å². The van der Waals surface area contributed by atoms with Crippen molar-refractivity contribution in [3.63, 3.8) is 0 Å². The van der Waals surface area contributed by atoms with Gasteiger partial charge in [-0.25, -0.2) is 0 Å². The average molecular weight is 386 g/mol. The maximum absolute atomic E-state index is 14.9. The van der Waals surface area contributed by atoms with Crippen LogP contribution in [0.3, 0.4) is 0 Å². The van der Waals surface area contributed by atoms with Crippen LogP contribution >= 0.6 is 0 Å². The van der Waals surface area contributed by atoms with Gasteiger partial charge < -0.3 is 14.4 Å². The molecular weight excluding hydrogens is 354 g/mol. The molecule has 0 radical (unpaired) electrons. The Hall–Kier alpha value is -1.73. The lowest BCUT2D eigenvalue weighted by molar-refractivity contribution is -0.131. The second kappa shape index (κ2) is 11.9. The highest BCUT2D eigenvalue weighted by Crippen LogP contribution is 2.31. The molecule has 5 nitrogen and oxygen atoms in total. The van der Waals surface area contributed by atoms with Crippen LogP contribution in [0.4, 0.5) is 8.78 Å². The number of carbonyl (C=O) groups excluding carboxylic acids is 1. The minimum atomic E-state index is -3.09. The van der Waals surface area contributed by atoms with E-state index in [0.29, 0.717) is 31.9 Å². The number of alkyl halides is 2. The molecule has 0 unspecified atom stereocenters. The molecule has 1 rings (SSSR count). The quantitative estimate of drug-likeness (QED) is 0.488. The van der Waals surface area contributed by atoms with Crippen molar-refractivity contribution in [2.45, 2.75) is 32.1 Å². The Morgan fingerprint density at radius 1 is 1.19 bits per heavy atom. The molecule has 154 valence electrons. The second-order valence-electron chi connectivity index (χ2n) is 6.78. The summed E-state index contributed by atoms with van der Waals surface area (Å²) in [6.45, 7) is 2.77. The van der Waals surface area contributed by atoms with Crippen molar-refractivity contribution in [3.05, 3.63) is 29.8 Å². The number of unbranched alkanes of at least 4 members (excludes halogenated alkanes) is 1. The fraction of sp³-hybridized carbons (Fsp3) is 0.650. The number of nitrogens with zero attached hydrogens (tertiary/aromatic N) is 2. The SMILES string of the molecule is CCCCOc1cccc(C(F)(F)CN(CCCOC)CC(=O)N(C)C)c1. The normalized spacial score (nSPS) is 11.7. The van der Waals surface area contributed by atoms with E-state index in [9.17, 15) is 13.6 Å². The number of methoxy groups -OCH3 is 1. The monoisotopic (exact) mass is 386 g/mol. The van der Waals surface area contributed by atoms with Gasteiger partial charge in [0.05, 0.1) is 19.7 Å². The van der Waals surface area contributed by atoms with E-state index >= 15 is 0 Å². The summed E-state index contributed by atoms with van der Waals surface area (Å²) in [5, 5.41) is 0. The predicted molar refractivity (Wildman–Crippen MR) is 102 cm³/mol. The van der Waals surface area contributed by atoms with Crippen LogP contribution in [0.15, 0.2) is 24.3 Å². The summed E-state index contributed by atoms with van der Waals surface area (Å²) >= 11 is 0. The van der Waals surface area contributed by atoms with Crippen molar-refractivity contribution in [1.29, 1.82) is 0 Å². The maximum Gasteiger partial charge on any atom is 0.285 e. The minimum absolute atomic E-state index is 0.0566. The highest BCUT2D eigenvalue weighted by molar-refractivity contribution is 5.77. The highest BCUT2D eigenvalue weighted by atomic mass is 19.3. The molecule has 1 aromatic rings. The van der Waals surface area contributed by atoms with E-state index in [2.05, 4.69) is 0 Å². The molecule has 0 bridgehead atoms. The van der Waals surface area contributed by atoms with E-state index in [4.69, 9.17) is 9.47 Å². The third-order valence-corrected chi connectivity index (χ3v) is 4.13. The first kappa shape index (κ1) is 23.3. The molecule has 0 aliphatic carbocycles. The van der Waals surface area contributed by atoms with Gasteiger partial charge in [-0.15, -0.1) is 0 Å². The first-order valence-electron chi connectivity index (χ1n) is 9.32. The second-order valence-corrected chi connectivity index (χ2v) is 6.78. The molecule has 0 saturated heterocycles. The van der Waals surface area contributed by atoms with Gasteiger partial charge in [0.1, 0.15) is 5.75 Å². The van der Waals surface area contributed by atoms with Gasteiger partial charge >= 0.3 is 0 Å². The van der Waals surface area contributed by atoms with Crippen LogP contribution < -0.4 is 4.74 Å². The summed E-state index contributed by atoms with van der Waals surface area (Å²) in [5.74, 6) is -2.86.